The van der Waals surface area contributed by atoms with Crippen molar-refractivity contribution >= 4 is 11.7 Å². The van der Waals surface area contributed by atoms with Crippen molar-refractivity contribution in [2.45, 2.75) is 32.6 Å². The fourth-order valence-electron chi connectivity index (χ4n) is 3.15. The number of hydrogen-bond acceptors (Lipinski definition) is 4. The Morgan fingerprint density at radius 3 is 2.45 bits per heavy atom. The molecule has 6 heteroatoms. The highest BCUT2D eigenvalue weighted by atomic mass is 16.4. The Kier molecular flexibility index (Phi) is 5.23. The van der Waals surface area contributed by atoms with Crippen LogP contribution in [-0.2, 0) is 4.79 Å². The summed E-state index contributed by atoms with van der Waals surface area (Å²) in [5, 5.41) is 11.6. The molecule has 0 spiro atoms. The van der Waals surface area contributed by atoms with Crippen LogP contribution in [-0.4, -0.2) is 59.5 Å². The first-order valence-electron chi connectivity index (χ1n) is 7.60. The van der Waals surface area contributed by atoms with Gasteiger partial charge < -0.3 is 20.7 Å². The molecule has 0 aromatic heterocycles. The second-order valence-corrected chi connectivity index (χ2v) is 6.02. The molecule has 1 amide bonds. The van der Waals surface area contributed by atoms with E-state index in [1.165, 1.54) is 32.5 Å². The molecule has 20 heavy (non-hydrogen) atoms. The standard InChI is InChI=1S/C14H26N4O2/c1-11(13(15)16-20)14(19)18-8-4-12(5-9-18)10-17-6-2-3-7-17/h11-12,20H,2-10H2,1H3,(H2,15,16). The number of carbonyl (C=O) groups excluding carboxylic acids is 1. The van der Waals surface area contributed by atoms with E-state index in [1.807, 2.05) is 4.90 Å². The number of rotatable bonds is 4. The molecule has 6 nitrogen and oxygen atoms in total. The third-order valence-corrected chi connectivity index (χ3v) is 4.57. The van der Waals surface area contributed by atoms with Crippen LogP contribution in [0.3, 0.4) is 0 Å². The molecule has 2 heterocycles. The molecule has 2 aliphatic rings. The lowest BCUT2D eigenvalue weighted by atomic mass is 9.95. The maximum Gasteiger partial charge on any atom is 0.233 e. The van der Waals surface area contributed by atoms with Crippen molar-refractivity contribution in [1.82, 2.24) is 9.80 Å². The van der Waals surface area contributed by atoms with Gasteiger partial charge in [0.15, 0.2) is 5.84 Å². The van der Waals surface area contributed by atoms with E-state index >= 15 is 0 Å². The Hall–Kier alpha value is -1.30. The molecule has 114 valence electrons. The fourth-order valence-corrected chi connectivity index (χ4v) is 3.15. The predicted octanol–water partition coefficient (Wildman–Crippen LogP) is 0.703. The normalized spacial score (nSPS) is 24.1. The van der Waals surface area contributed by atoms with Crippen molar-refractivity contribution in [3.8, 4) is 0 Å². The van der Waals surface area contributed by atoms with Gasteiger partial charge in [-0.25, -0.2) is 0 Å². The van der Waals surface area contributed by atoms with Crippen LogP contribution in [0, 0.1) is 11.8 Å². The van der Waals surface area contributed by atoms with Gasteiger partial charge in [-0.1, -0.05) is 5.16 Å². The summed E-state index contributed by atoms with van der Waals surface area (Å²) in [6, 6.07) is 0. The minimum atomic E-state index is -0.532. The topological polar surface area (TPSA) is 82.2 Å². The number of amides is 1. The number of piperidine rings is 1. The summed E-state index contributed by atoms with van der Waals surface area (Å²) >= 11 is 0. The van der Waals surface area contributed by atoms with Crippen LogP contribution in [0.5, 0.6) is 0 Å². The smallest absolute Gasteiger partial charge is 0.233 e. The Morgan fingerprint density at radius 1 is 1.30 bits per heavy atom. The molecule has 0 aromatic carbocycles. The lowest BCUT2D eigenvalue weighted by Gasteiger charge is -2.35. The lowest BCUT2D eigenvalue weighted by molar-refractivity contribution is -0.134. The highest BCUT2D eigenvalue weighted by molar-refractivity contribution is 6.01. The molecule has 0 radical (unpaired) electrons. The molecular weight excluding hydrogens is 256 g/mol. The average Bonchev–Trinajstić information content (AvgIpc) is 2.98. The molecule has 0 aliphatic carbocycles. The summed E-state index contributed by atoms with van der Waals surface area (Å²) in [6.45, 7) is 6.92. The summed E-state index contributed by atoms with van der Waals surface area (Å²) < 4.78 is 0. The molecule has 2 rings (SSSR count). The van der Waals surface area contributed by atoms with E-state index in [9.17, 15) is 4.79 Å². The van der Waals surface area contributed by atoms with Crippen molar-refractivity contribution in [3.63, 3.8) is 0 Å². The van der Waals surface area contributed by atoms with Crippen LogP contribution in [0.2, 0.25) is 0 Å². The zero-order chi connectivity index (χ0) is 14.5. The van der Waals surface area contributed by atoms with Crippen LogP contribution in [0.15, 0.2) is 5.16 Å². The largest absolute Gasteiger partial charge is 0.409 e. The molecule has 0 saturated carbocycles. The summed E-state index contributed by atoms with van der Waals surface area (Å²) in [5.41, 5.74) is 5.51. The number of nitrogens with two attached hydrogens (primary N) is 1. The molecule has 2 saturated heterocycles. The van der Waals surface area contributed by atoms with Crippen LogP contribution in [0.25, 0.3) is 0 Å². The van der Waals surface area contributed by atoms with E-state index in [0.29, 0.717) is 5.92 Å². The van der Waals surface area contributed by atoms with Crippen LogP contribution < -0.4 is 5.73 Å². The molecule has 3 N–H and O–H groups in total. The molecular formula is C14H26N4O2. The second-order valence-electron chi connectivity index (χ2n) is 6.02. The highest BCUT2D eigenvalue weighted by Crippen LogP contribution is 2.21. The van der Waals surface area contributed by atoms with Crippen LogP contribution >= 0.6 is 0 Å². The number of amidine groups is 1. The van der Waals surface area contributed by atoms with Gasteiger partial charge in [-0.3, -0.25) is 4.79 Å². The Balaban J connectivity index is 1.77. The number of hydrogen-bond donors (Lipinski definition) is 2. The SMILES string of the molecule is CC(C(=O)N1CCC(CN2CCCC2)CC1)C(N)=NO. The Bertz CT molecular complexity index is 358. The van der Waals surface area contributed by atoms with E-state index in [2.05, 4.69) is 10.1 Å². The molecule has 1 atom stereocenters. The number of carbonyl (C=O) groups is 1. The van der Waals surface area contributed by atoms with Crippen molar-refractivity contribution in [2.24, 2.45) is 22.7 Å². The molecule has 2 aliphatic heterocycles. The van der Waals surface area contributed by atoms with Gasteiger partial charge in [-0.15, -0.1) is 0 Å². The average molecular weight is 282 g/mol. The lowest BCUT2D eigenvalue weighted by Crippen LogP contribution is -2.45. The van der Waals surface area contributed by atoms with E-state index in [4.69, 9.17) is 10.9 Å². The van der Waals surface area contributed by atoms with Crippen molar-refractivity contribution < 1.29 is 10.0 Å². The highest BCUT2D eigenvalue weighted by Gasteiger charge is 2.28. The van der Waals surface area contributed by atoms with E-state index in [-0.39, 0.29) is 11.7 Å². The van der Waals surface area contributed by atoms with Gasteiger partial charge in [0.1, 0.15) is 0 Å². The van der Waals surface area contributed by atoms with Crippen LogP contribution in [0.1, 0.15) is 32.6 Å². The van der Waals surface area contributed by atoms with Gasteiger partial charge in [-0.2, -0.15) is 0 Å². The first-order valence-corrected chi connectivity index (χ1v) is 7.60. The Morgan fingerprint density at radius 2 is 1.90 bits per heavy atom. The second kappa shape index (κ2) is 6.92. The zero-order valence-corrected chi connectivity index (χ0v) is 12.3. The molecule has 0 aromatic rings. The number of likely N-dealkylation sites (tertiary alicyclic amines) is 2. The minimum Gasteiger partial charge on any atom is -0.409 e. The van der Waals surface area contributed by atoms with Gasteiger partial charge in [0, 0.05) is 19.6 Å². The zero-order valence-electron chi connectivity index (χ0n) is 12.3. The van der Waals surface area contributed by atoms with Gasteiger partial charge in [0.05, 0.1) is 5.92 Å². The van der Waals surface area contributed by atoms with Gasteiger partial charge in [0.2, 0.25) is 5.91 Å². The molecule has 1 unspecified atom stereocenters. The first kappa shape index (κ1) is 15.1. The Labute approximate surface area is 120 Å². The van der Waals surface area contributed by atoms with Crippen molar-refractivity contribution in [1.29, 1.82) is 0 Å². The minimum absolute atomic E-state index is 0.00538. The van der Waals surface area contributed by atoms with Crippen LogP contribution in [0.4, 0.5) is 0 Å². The van der Waals surface area contributed by atoms with E-state index in [0.717, 1.165) is 25.9 Å². The maximum atomic E-state index is 12.2. The third-order valence-electron chi connectivity index (χ3n) is 4.57. The summed E-state index contributed by atoms with van der Waals surface area (Å²) in [5.74, 6) is 0.139. The molecule has 0 bridgehead atoms. The first-order chi connectivity index (χ1) is 9.61. The van der Waals surface area contributed by atoms with Gasteiger partial charge >= 0.3 is 0 Å². The van der Waals surface area contributed by atoms with Crippen molar-refractivity contribution in [3.05, 3.63) is 0 Å². The van der Waals surface area contributed by atoms with Gasteiger partial charge in [-0.05, 0) is 51.6 Å². The third kappa shape index (κ3) is 3.62. The number of oxime groups is 1. The van der Waals surface area contributed by atoms with Crippen molar-refractivity contribution in [2.75, 3.05) is 32.7 Å². The predicted molar refractivity (Wildman–Crippen MR) is 77.6 cm³/mol. The molecule has 2 fully saturated rings. The van der Waals surface area contributed by atoms with E-state index in [1.54, 1.807) is 6.92 Å². The van der Waals surface area contributed by atoms with E-state index < -0.39 is 5.92 Å². The summed E-state index contributed by atoms with van der Waals surface area (Å²) in [4.78, 5) is 16.6. The summed E-state index contributed by atoms with van der Waals surface area (Å²) in [7, 11) is 0. The quantitative estimate of drug-likeness (QED) is 0.344. The van der Waals surface area contributed by atoms with Gasteiger partial charge in [0.25, 0.3) is 0 Å². The number of nitrogens with zero attached hydrogens (tertiary/aromatic N) is 3. The monoisotopic (exact) mass is 282 g/mol. The fraction of sp³-hybridized carbons (Fsp3) is 0.857. The summed E-state index contributed by atoms with van der Waals surface area (Å²) in [6.07, 6.45) is 4.78. The maximum absolute atomic E-state index is 12.2.